The summed E-state index contributed by atoms with van der Waals surface area (Å²) in [6.07, 6.45) is 0. The molecule has 0 unspecified atom stereocenters. The third kappa shape index (κ3) is 7.71. The predicted molar refractivity (Wildman–Crippen MR) is 135 cm³/mol. The maximum atomic E-state index is 12.4. The number of esters is 1. The molecule has 7 nitrogen and oxygen atoms in total. The molecule has 0 aliphatic rings. The summed E-state index contributed by atoms with van der Waals surface area (Å²) in [4.78, 5) is 45.4. The summed E-state index contributed by atoms with van der Waals surface area (Å²) in [5.41, 5.74) is 3.54. The van der Waals surface area contributed by atoms with Crippen molar-refractivity contribution in [2.75, 3.05) is 23.4 Å². The van der Waals surface area contributed by atoms with E-state index in [0.29, 0.717) is 33.6 Å². The Kier molecular flexibility index (Phi) is 9.24. The van der Waals surface area contributed by atoms with E-state index in [1.54, 1.807) is 37.3 Å². The number of benzene rings is 2. The molecule has 0 saturated heterocycles. The molecular formula is C25H25N3O4S2. The van der Waals surface area contributed by atoms with Crippen LogP contribution in [0, 0.1) is 13.8 Å². The molecule has 0 bridgehead atoms. The van der Waals surface area contributed by atoms with Gasteiger partial charge in [0.2, 0.25) is 5.91 Å². The Balaban J connectivity index is 1.52. The van der Waals surface area contributed by atoms with E-state index in [9.17, 15) is 14.4 Å². The molecule has 0 fully saturated rings. The minimum Gasteiger partial charge on any atom is -0.462 e. The van der Waals surface area contributed by atoms with Crippen molar-refractivity contribution >= 4 is 46.9 Å². The van der Waals surface area contributed by atoms with Crippen molar-refractivity contribution in [2.45, 2.75) is 31.0 Å². The highest BCUT2D eigenvalue weighted by Crippen LogP contribution is 2.22. The van der Waals surface area contributed by atoms with Crippen LogP contribution in [-0.4, -0.2) is 45.7 Å². The molecule has 1 heterocycles. The number of carbonyl (C=O) groups excluding carboxylic acids is 3. The molecule has 3 rings (SSSR count). The van der Waals surface area contributed by atoms with Gasteiger partial charge in [0.25, 0.3) is 0 Å². The minimum atomic E-state index is -0.399. The molecule has 1 N–H and O–H groups in total. The number of Topliss-reactive ketones (excluding diaryl/α,β-unsaturated/α-hetero) is 1. The van der Waals surface area contributed by atoms with Gasteiger partial charge >= 0.3 is 5.97 Å². The molecule has 0 radical (unpaired) electrons. The van der Waals surface area contributed by atoms with E-state index < -0.39 is 5.97 Å². The Morgan fingerprint density at radius 1 is 0.882 bits per heavy atom. The van der Waals surface area contributed by atoms with Crippen LogP contribution >= 0.6 is 23.5 Å². The number of ketones is 1. The topological polar surface area (TPSA) is 98.2 Å². The standard InChI is InChI=1S/C25H25N3O4S2/c1-4-32-24(31)19-9-11-20(12-10-19)27-22(30)15-33-23-13-17(3)26-25(28-23)34-14-21(29)18-7-5-16(2)6-8-18/h5-13H,4,14-15H2,1-3H3,(H,27,30). The monoisotopic (exact) mass is 495 g/mol. The number of thioether (sulfide) groups is 2. The lowest BCUT2D eigenvalue weighted by Crippen LogP contribution is -2.14. The molecule has 34 heavy (non-hydrogen) atoms. The first-order chi connectivity index (χ1) is 16.3. The van der Waals surface area contributed by atoms with Crippen molar-refractivity contribution in [1.29, 1.82) is 0 Å². The van der Waals surface area contributed by atoms with Gasteiger partial charge in [0.15, 0.2) is 10.9 Å². The highest BCUT2D eigenvalue weighted by molar-refractivity contribution is 8.00. The fourth-order valence-electron chi connectivity index (χ4n) is 2.85. The van der Waals surface area contributed by atoms with E-state index in [1.165, 1.54) is 23.5 Å². The van der Waals surface area contributed by atoms with Crippen LogP contribution in [0.4, 0.5) is 5.69 Å². The summed E-state index contributed by atoms with van der Waals surface area (Å²) < 4.78 is 4.95. The molecule has 0 aliphatic carbocycles. The maximum Gasteiger partial charge on any atom is 0.338 e. The fraction of sp³-hybridized carbons (Fsp3) is 0.240. The molecule has 0 aliphatic heterocycles. The van der Waals surface area contributed by atoms with Crippen LogP contribution < -0.4 is 5.32 Å². The number of rotatable bonds is 10. The Morgan fingerprint density at radius 3 is 2.24 bits per heavy atom. The van der Waals surface area contributed by atoms with Gasteiger partial charge in [-0.2, -0.15) is 0 Å². The summed E-state index contributed by atoms with van der Waals surface area (Å²) in [5.74, 6) is -0.197. The summed E-state index contributed by atoms with van der Waals surface area (Å²) in [6.45, 7) is 5.88. The van der Waals surface area contributed by atoms with Gasteiger partial charge in [-0.15, -0.1) is 0 Å². The lowest BCUT2D eigenvalue weighted by molar-refractivity contribution is -0.113. The number of aryl methyl sites for hydroxylation is 2. The first kappa shape index (κ1) is 25.5. The number of amides is 1. The van der Waals surface area contributed by atoms with Crippen LogP contribution in [0.2, 0.25) is 0 Å². The Bertz CT molecular complexity index is 1170. The summed E-state index contributed by atoms with van der Waals surface area (Å²) >= 11 is 2.56. The molecular weight excluding hydrogens is 470 g/mol. The van der Waals surface area contributed by atoms with Crippen molar-refractivity contribution in [3.05, 3.63) is 77.0 Å². The lowest BCUT2D eigenvalue weighted by Gasteiger charge is -2.08. The summed E-state index contributed by atoms with van der Waals surface area (Å²) in [7, 11) is 0. The average Bonchev–Trinajstić information content (AvgIpc) is 2.82. The fourth-order valence-corrected chi connectivity index (χ4v) is 4.46. The van der Waals surface area contributed by atoms with E-state index in [0.717, 1.165) is 11.3 Å². The van der Waals surface area contributed by atoms with Gasteiger partial charge in [-0.3, -0.25) is 9.59 Å². The zero-order valence-corrected chi connectivity index (χ0v) is 20.8. The summed E-state index contributed by atoms with van der Waals surface area (Å²) in [5, 5.41) is 3.95. The van der Waals surface area contributed by atoms with Gasteiger partial charge in [0.05, 0.1) is 23.7 Å². The van der Waals surface area contributed by atoms with E-state index in [1.807, 2.05) is 38.1 Å². The zero-order chi connectivity index (χ0) is 24.5. The molecule has 1 aromatic heterocycles. The number of ether oxygens (including phenoxy) is 1. The molecule has 2 aromatic carbocycles. The molecule has 1 amide bonds. The van der Waals surface area contributed by atoms with Gasteiger partial charge in [-0.05, 0) is 51.1 Å². The SMILES string of the molecule is CCOC(=O)c1ccc(NC(=O)CSc2cc(C)nc(SCC(=O)c3ccc(C)cc3)n2)cc1. The van der Waals surface area contributed by atoms with E-state index in [-0.39, 0.29) is 23.2 Å². The number of aromatic nitrogens is 2. The number of anilines is 1. The highest BCUT2D eigenvalue weighted by atomic mass is 32.2. The zero-order valence-electron chi connectivity index (χ0n) is 19.2. The highest BCUT2D eigenvalue weighted by Gasteiger charge is 2.12. The smallest absolute Gasteiger partial charge is 0.338 e. The second-order valence-electron chi connectivity index (χ2n) is 7.34. The van der Waals surface area contributed by atoms with Crippen LogP contribution in [-0.2, 0) is 9.53 Å². The quantitative estimate of drug-likeness (QED) is 0.138. The van der Waals surface area contributed by atoms with Crippen molar-refractivity contribution in [1.82, 2.24) is 9.97 Å². The third-order valence-corrected chi connectivity index (χ3v) is 6.31. The van der Waals surface area contributed by atoms with Crippen molar-refractivity contribution in [3.8, 4) is 0 Å². The Hall–Kier alpha value is -3.17. The van der Waals surface area contributed by atoms with Gasteiger partial charge < -0.3 is 10.1 Å². The van der Waals surface area contributed by atoms with Crippen LogP contribution in [0.25, 0.3) is 0 Å². The second-order valence-corrected chi connectivity index (χ2v) is 9.28. The molecule has 0 spiro atoms. The van der Waals surface area contributed by atoms with Crippen LogP contribution in [0.1, 0.15) is 38.9 Å². The van der Waals surface area contributed by atoms with Gasteiger partial charge in [0, 0.05) is 16.9 Å². The van der Waals surface area contributed by atoms with Crippen LogP contribution in [0.15, 0.2) is 64.8 Å². The van der Waals surface area contributed by atoms with Gasteiger partial charge in [0.1, 0.15) is 5.03 Å². The third-order valence-electron chi connectivity index (χ3n) is 4.55. The summed E-state index contributed by atoms with van der Waals surface area (Å²) in [6, 6.07) is 15.8. The molecule has 9 heteroatoms. The van der Waals surface area contributed by atoms with Gasteiger partial charge in [-0.1, -0.05) is 53.4 Å². The molecule has 3 aromatic rings. The predicted octanol–water partition coefficient (Wildman–Crippen LogP) is 4.98. The van der Waals surface area contributed by atoms with Gasteiger partial charge in [-0.25, -0.2) is 14.8 Å². The molecule has 176 valence electrons. The molecule has 0 saturated carbocycles. The number of hydrogen-bond donors (Lipinski definition) is 1. The van der Waals surface area contributed by atoms with Crippen LogP contribution in [0.5, 0.6) is 0 Å². The van der Waals surface area contributed by atoms with E-state index >= 15 is 0 Å². The number of hydrogen-bond acceptors (Lipinski definition) is 8. The maximum absolute atomic E-state index is 12.4. The number of nitrogens with zero attached hydrogens (tertiary/aromatic N) is 2. The largest absolute Gasteiger partial charge is 0.462 e. The van der Waals surface area contributed by atoms with Crippen molar-refractivity contribution in [3.63, 3.8) is 0 Å². The number of nitrogens with one attached hydrogen (secondary N) is 1. The first-order valence-corrected chi connectivity index (χ1v) is 12.6. The minimum absolute atomic E-state index is 0.0117. The van der Waals surface area contributed by atoms with E-state index in [2.05, 4.69) is 15.3 Å². The Morgan fingerprint density at radius 2 is 1.56 bits per heavy atom. The van der Waals surface area contributed by atoms with Crippen molar-refractivity contribution in [2.24, 2.45) is 0 Å². The van der Waals surface area contributed by atoms with E-state index in [4.69, 9.17) is 4.74 Å². The normalized spacial score (nSPS) is 10.6. The van der Waals surface area contributed by atoms with Crippen LogP contribution in [0.3, 0.4) is 0 Å². The average molecular weight is 496 g/mol. The van der Waals surface area contributed by atoms with Crippen molar-refractivity contribution < 1.29 is 19.1 Å². The Labute approximate surface area is 207 Å². The lowest BCUT2D eigenvalue weighted by atomic mass is 10.1. The first-order valence-electron chi connectivity index (χ1n) is 10.6. The second kappa shape index (κ2) is 12.3. The number of carbonyl (C=O) groups is 3. The molecule has 0 atom stereocenters.